The predicted octanol–water partition coefficient (Wildman–Crippen LogP) is 5.19. The van der Waals surface area contributed by atoms with Gasteiger partial charge < -0.3 is 24.8 Å². The molecule has 5 rings (SSSR count). The van der Waals surface area contributed by atoms with E-state index in [-0.39, 0.29) is 18.0 Å². The molecule has 7 nitrogen and oxygen atoms in total. The Bertz CT molecular complexity index is 1390. The van der Waals surface area contributed by atoms with Crippen LogP contribution < -0.4 is 15.4 Å². The number of benzene rings is 2. The van der Waals surface area contributed by atoms with Crippen molar-refractivity contribution < 1.29 is 9.53 Å². The van der Waals surface area contributed by atoms with Gasteiger partial charge in [-0.15, -0.1) is 0 Å². The lowest BCUT2D eigenvalue weighted by Crippen LogP contribution is -2.33. The van der Waals surface area contributed by atoms with E-state index in [1.165, 1.54) is 0 Å². The third-order valence-electron chi connectivity index (χ3n) is 6.53. The number of nitrogens with one attached hydrogen (secondary N) is 2. The molecule has 0 aliphatic carbocycles. The summed E-state index contributed by atoms with van der Waals surface area (Å²) in [5.74, 6) is 0.720. The Morgan fingerprint density at radius 1 is 1.08 bits per heavy atom. The molecule has 1 saturated heterocycles. The number of aromatic nitrogens is 2. The smallest absolute Gasteiger partial charge is 0.226 e. The van der Waals surface area contributed by atoms with Crippen LogP contribution in [0.2, 0.25) is 0 Å². The average Bonchev–Trinajstić information content (AvgIpc) is 3.53. The fraction of sp³-hybridized carbons (Fsp3) is 0.207. The molecule has 4 aromatic rings. The summed E-state index contributed by atoms with van der Waals surface area (Å²) in [4.78, 5) is 19.5. The minimum Gasteiger partial charge on any atom is -0.497 e. The monoisotopic (exact) mass is 511 g/mol. The number of aryl methyl sites for hydroxylation is 1. The first kappa shape index (κ1) is 24.5. The molecule has 3 heterocycles. The van der Waals surface area contributed by atoms with Gasteiger partial charge in [0.05, 0.1) is 24.9 Å². The SMILES string of the molecule is COc1cccc(-n2cccc2[C@@H]2[C@H](c3ccccn3)NC(=S)N2CCC(=O)Nc2ccc(C)cc2)c1. The predicted molar refractivity (Wildman–Crippen MR) is 149 cm³/mol. The van der Waals surface area contributed by atoms with Crippen molar-refractivity contribution in [2.24, 2.45) is 0 Å². The second-order valence-corrected chi connectivity index (χ2v) is 9.38. The van der Waals surface area contributed by atoms with E-state index < -0.39 is 0 Å². The number of carbonyl (C=O) groups excluding carboxylic acids is 1. The minimum absolute atomic E-state index is 0.0603. The summed E-state index contributed by atoms with van der Waals surface area (Å²) in [5.41, 5.74) is 4.84. The molecule has 188 valence electrons. The van der Waals surface area contributed by atoms with Crippen LogP contribution >= 0.6 is 12.2 Å². The van der Waals surface area contributed by atoms with Crippen molar-refractivity contribution in [2.75, 3.05) is 19.0 Å². The van der Waals surface area contributed by atoms with Crippen molar-refractivity contribution in [3.8, 4) is 11.4 Å². The van der Waals surface area contributed by atoms with Gasteiger partial charge in [-0.05, 0) is 67.7 Å². The third-order valence-corrected chi connectivity index (χ3v) is 6.88. The molecule has 0 unspecified atom stereocenters. The number of hydrogen-bond acceptors (Lipinski definition) is 4. The van der Waals surface area contributed by atoms with Crippen LogP contribution in [0.4, 0.5) is 5.69 Å². The number of nitrogens with zero attached hydrogens (tertiary/aromatic N) is 3. The molecule has 0 spiro atoms. The molecule has 2 atom stereocenters. The van der Waals surface area contributed by atoms with Gasteiger partial charge in [0.1, 0.15) is 5.75 Å². The molecule has 1 aliphatic rings. The lowest BCUT2D eigenvalue weighted by atomic mass is 10.0. The van der Waals surface area contributed by atoms with Crippen LogP contribution in [0.5, 0.6) is 5.75 Å². The second-order valence-electron chi connectivity index (χ2n) is 8.99. The quantitative estimate of drug-likeness (QED) is 0.317. The highest BCUT2D eigenvalue weighted by Crippen LogP contribution is 2.39. The number of anilines is 1. The molecule has 8 heteroatoms. The van der Waals surface area contributed by atoms with Crippen LogP contribution in [-0.2, 0) is 4.79 Å². The standard InChI is InChI=1S/C29H29N5O2S/c1-20-11-13-21(14-12-20)31-26(35)15-18-34-28(27(32-29(34)37)24-9-3-4-16-30-24)25-10-6-17-33(25)22-7-5-8-23(19-22)36-2/h3-14,16-17,19,27-28H,15,18H2,1-2H3,(H,31,35)(H,32,37)/t27-,28+/m0/s1. The van der Waals surface area contributed by atoms with Crippen molar-refractivity contribution in [1.29, 1.82) is 0 Å². The summed E-state index contributed by atoms with van der Waals surface area (Å²) < 4.78 is 7.59. The zero-order chi connectivity index (χ0) is 25.8. The molecule has 2 N–H and O–H groups in total. The van der Waals surface area contributed by atoms with Crippen LogP contribution in [0.1, 0.15) is 35.5 Å². The maximum Gasteiger partial charge on any atom is 0.226 e. The fourth-order valence-electron chi connectivity index (χ4n) is 4.68. The van der Waals surface area contributed by atoms with E-state index in [0.717, 1.165) is 34.1 Å². The number of amides is 1. The molecule has 0 bridgehead atoms. The highest BCUT2D eigenvalue weighted by molar-refractivity contribution is 7.80. The van der Waals surface area contributed by atoms with E-state index >= 15 is 0 Å². The average molecular weight is 512 g/mol. The first-order chi connectivity index (χ1) is 18.0. The van der Waals surface area contributed by atoms with Crippen LogP contribution in [0.25, 0.3) is 5.69 Å². The molecule has 1 aliphatic heterocycles. The van der Waals surface area contributed by atoms with Crippen molar-refractivity contribution in [2.45, 2.75) is 25.4 Å². The van der Waals surface area contributed by atoms with Gasteiger partial charge >= 0.3 is 0 Å². The molecule has 0 radical (unpaired) electrons. The topological polar surface area (TPSA) is 71.4 Å². The van der Waals surface area contributed by atoms with Gasteiger partial charge in [-0.3, -0.25) is 9.78 Å². The van der Waals surface area contributed by atoms with E-state index in [0.29, 0.717) is 18.1 Å². The van der Waals surface area contributed by atoms with E-state index in [9.17, 15) is 4.79 Å². The van der Waals surface area contributed by atoms with Crippen LogP contribution in [-0.4, -0.2) is 39.1 Å². The van der Waals surface area contributed by atoms with E-state index in [1.54, 1.807) is 13.3 Å². The van der Waals surface area contributed by atoms with Gasteiger partial charge in [-0.25, -0.2) is 0 Å². The van der Waals surface area contributed by atoms with Gasteiger partial charge in [-0.2, -0.15) is 0 Å². The van der Waals surface area contributed by atoms with Crippen molar-refractivity contribution in [1.82, 2.24) is 19.8 Å². The number of methoxy groups -OCH3 is 1. The number of thiocarbonyl (C=S) groups is 1. The van der Waals surface area contributed by atoms with E-state index in [2.05, 4.69) is 31.2 Å². The van der Waals surface area contributed by atoms with Crippen LogP contribution in [0.15, 0.2) is 91.3 Å². The Morgan fingerprint density at radius 2 is 1.92 bits per heavy atom. The molecule has 2 aromatic carbocycles. The highest BCUT2D eigenvalue weighted by Gasteiger charge is 2.41. The first-order valence-corrected chi connectivity index (χ1v) is 12.6. The number of hydrogen-bond donors (Lipinski definition) is 2. The van der Waals surface area contributed by atoms with Crippen molar-refractivity contribution >= 4 is 28.9 Å². The molecule has 1 fully saturated rings. The van der Waals surface area contributed by atoms with Crippen LogP contribution in [0, 0.1) is 6.92 Å². The van der Waals surface area contributed by atoms with Gasteiger partial charge in [-0.1, -0.05) is 29.8 Å². The van der Waals surface area contributed by atoms with Crippen LogP contribution in [0.3, 0.4) is 0 Å². The lowest BCUT2D eigenvalue weighted by Gasteiger charge is -2.29. The molecule has 1 amide bonds. The summed E-state index contributed by atoms with van der Waals surface area (Å²) in [6.07, 6.45) is 4.11. The maximum absolute atomic E-state index is 12.8. The van der Waals surface area contributed by atoms with Gasteiger partial charge in [0, 0.05) is 48.5 Å². The Balaban J connectivity index is 1.44. The Morgan fingerprint density at radius 3 is 2.68 bits per heavy atom. The zero-order valence-electron chi connectivity index (χ0n) is 20.8. The summed E-state index contributed by atoms with van der Waals surface area (Å²) >= 11 is 5.79. The molecule has 2 aromatic heterocycles. The number of carbonyl (C=O) groups is 1. The molecular formula is C29H29N5O2S. The fourth-order valence-corrected chi connectivity index (χ4v) is 5.01. The number of rotatable bonds is 8. The van der Waals surface area contributed by atoms with E-state index in [4.69, 9.17) is 17.0 Å². The third kappa shape index (κ3) is 5.34. The largest absolute Gasteiger partial charge is 0.497 e. The number of pyridine rings is 1. The highest BCUT2D eigenvalue weighted by atomic mass is 32.1. The Kier molecular flexibility index (Phi) is 7.18. The normalized spacial score (nSPS) is 16.9. The maximum atomic E-state index is 12.8. The minimum atomic E-state index is -0.173. The summed E-state index contributed by atoms with van der Waals surface area (Å²) in [7, 11) is 1.66. The summed E-state index contributed by atoms with van der Waals surface area (Å²) in [5, 5.41) is 7.05. The van der Waals surface area contributed by atoms with Gasteiger partial charge in [0.2, 0.25) is 5.91 Å². The molecule has 37 heavy (non-hydrogen) atoms. The Labute approximate surface area is 222 Å². The summed E-state index contributed by atoms with van der Waals surface area (Å²) in [6, 6.07) is 25.4. The lowest BCUT2D eigenvalue weighted by molar-refractivity contribution is -0.116. The van der Waals surface area contributed by atoms with E-state index in [1.807, 2.05) is 85.9 Å². The Hall–Kier alpha value is -4.17. The molecule has 0 saturated carbocycles. The first-order valence-electron chi connectivity index (χ1n) is 12.2. The van der Waals surface area contributed by atoms with Gasteiger partial charge in [0.15, 0.2) is 5.11 Å². The number of ether oxygens (including phenoxy) is 1. The van der Waals surface area contributed by atoms with Crippen molar-refractivity contribution in [3.63, 3.8) is 0 Å². The molecular weight excluding hydrogens is 482 g/mol. The zero-order valence-corrected chi connectivity index (χ0v) is 21.6. The van der Waals surface area contributed by atoms with Gasteiger partial charge in [0.25, 0.3) is 0 Å². The second kappa shape index (κ2) is 10.8. The summed E-state index contributed by atoms with van der Waals surface area (Å²) in [6.45, 7) is 2.48. The van der Waals surface area contributed by atoms with Crippen molar-refractivity contribution in [3.05, 3.63) is 108 Å².